The molecule has 0 saturated heterocycles. The first-order valence-electron chi connectivity index (χ1n) is 24.2. The Morgan fingerprint density at radius 1 is 0.478 bits per heavy atom. The van der Waals surface area contributed by atoms with E-state index < -0.39 is 0 Å². The molecule has 10 aromatic rings. The Hall–Kier alpha value is -7.82. The van der Waals surface area contributed by atoms with Crippen LogP contribution in [0.5, 0.6) is 5.75 Å². The van der Waals surface area contributed by atoms with Gasteiger partial charge in [0.1, 0.15) is 11.6 Å². The third-order valence-corrected chi connectivity index (χ3v) is 13.6. The molecule has 0 fully saturated rings. The molecule has 340 valence electrons. The molecule has 0 bridgehead atoms. The number of rotatable bonds is 10. The van der Waals surface area contributed by atoms with Crippen molar-refractivity contribution >= 4 is 11.0 Å². The van der Waals surface area contributed by atoms with Crippen LogP contribution in [0.3, 0.4) is 0 Å². The third kappa shape index (κ3) is 8.80. The van der Waals surface area contributed by atoms with Crippen LogP contribution in [0.15, 0.2) is 194 Å². The number of nitrogens with zero attached hydrogens (tertiary/aromatic N) is 3. The number of aromatic hydroxyl groups is 1. The van der Waals surface area contributed by atoms with Crippen molar-refractivity contribution in [1.29, 1.82) is 0 Å². The van der Waals surface area contributed by atoms with Gasteiger partial charge in [0, 0.05) is 22.9 Å². The molecule has 4 heteroatoms. The number of hydrogen-bond donors (Lipinski definition) is 1. The van der Waals surface area contributed by atoms with Crippen LogP contribution in [0.2, 0.25) is 0 Å². The third-order valence-electron chi connectivity index (χ3n) is 13.6. The molecule has 0 amide bonds. The van der Waals surface area contributed by atoms with E-state index in [-0.39, 0.29) is 23.0 Å². The Morgan fingerprint density at radius 3 is 1.72 bits per heavy atom. The van der Waals surface area contributed by atoms with E-state index in [1.165, 1.54) is 11.1 Å². The lowest BCUT2D eigenvalue weighted by atomic mass is 9.85. The molecule has 0 aliphatic heterocycles. The highest BCUT2D eigenvalue weighted by atomic mass is 16.3. The van der Waals surface area contributed by atoms with Crippen molar-refractivity contribution in [2.24, 2.45) is 0 Å². The van der Waals surface area contributed by atoms with E-state index in [2.05, 4.69) is 242 Å². The average Bonchev–Trinajstić information content (AvgIpc) is 3.76. The van der Waals surface area contributed by atoms with E-state index in [1.807, 2.05) is 12.3 Å². The zero-order valence-corrected chi connectivity index (χ0v) is 40.9. The molecule has 4 nitrogen and oxygen atoms in total. The van der Waals surface area contributed by atoms with Gasteiger partial charge in [-0.3, -0.25) is 9.55 Å². The van der Waals surface area contributed by atoms with Crippen LogP contribution >= 0.6 is 0 Å². The van der Waals surface area contributed by atoms with Crippen molar-refractivity contribution in [3.8, 4) is 89.7 Å². The van der Waals surface area contributed by atoms with Gasteiger partial charge in [0.05, 0.1) is 28.0 Å². The van der Waals surface area contributed by atoms with E-state index >= 15 is 0 Å². The number of aryl methyl sites for hydroxylation is 1. The predicted octanol–water partition coefficient (Wildman–Crippen LogP) is 17.6. The first-order chi connectivity index (χ1) is 33.3. The van der Waals surface area contributed by atoms with E-state index in [1.54, 1.807) is 0 Å². The zero-order chi connectivity index (χ0) is 48.0. The lowest BCUT2D eigenvalue weighted by molar-refractivity contribution is 0.466. The van der Waals surface area contributed by atoms with E-state index in [0.717, 1.165) is 94.7 Å². The first kappa shape index (κ1) is 45.0. The van der Waals surface area contributed by atoms with Crippen LogP contribution in [0.1, 0.15) is 82.6 Å². The number of phenolic OH excluding ortho intramolecular Hbond substituents is 1. The van der Waals surface area contributed by atoms with Crippen LogP contribution in [-0.4, -0.2) is 19.6 Å². The fourth-order valence-electron chi connectivity index (χ4n) is 9.70. The molecule has 0 aliphatic rings. The molecule has 8 aromatic carbocycles. The molecule has 0 atom stereocenters. The number of hydrogen-bond acceptors (Lipinski definition) is 3. The molecule has 1 N–H and O–H groups in total. The lowest BCUT2D eigenvalue weighted by Gasteiger charge is -2.22. The average molecular weight is 898 g/mol. The summed E-state index contributed by atoms with van der Waals surface area (Å²) in [6, 6.07) is 67.3. The van der Waals surface area contributed by atoms with Gasteiger partial charge in [0.15, 0.2) is 0 Å². The maximum Gasteiger partial charge on any atom is 0.149 e. The number of imidazole rings is 1. The van der Waals surface area contributed by atoms with Gasteiger partial charge >= 0.3 is 0 Å². The second kappa shape index (κ2) is 18.3. The maximum absolute atomic E-state index is 12.5. The number of benzene rings is 8. The second-order valence-electron chi connectivity index (χ2n) is 20.1. The van der Waals surface area contributed by atoms with E-state index in [4.69, 9.17) is 9.97 Å². The van der Waals surface area contributed by atoms with Crippen LogP contribution in [0.4, 0.5) is 0 Å². The van der Waals surface area contributed by atoms with Crippen molar-refractivity contribution in [2.45, 2.75) is 72.6 Å². The summed E-state index contributed by atoms with van der Waals surface area (Å²) >= 11 is 0. The Balaban J connectivity index is 1.29. The summed E-state index contributed by atoms with van der Waals surface area (Å²) in [4.78, 5) is 10.7. The molecule has 0 aliphatic carbocycles. The largest absolute Gasteiger partial charge is 0.507 e. The van der Waals surface area contributed by atoms with Gasteiger partial charge in [-0.1, -0.05) is 182 Å². The van der Waals surface area contributed by atoms with Crippen molar-refractivity contribution < 1.29 is 5.11 Å². The Morgan fingerprint density at radius 2 is 1.09 bits per heavy atom. The van der Waals surface area contributed by atoms with Crippen molar-refractivity contribution in [2.75, 3.05) is 0 Å². The molecular weight excluding hydrogens is 839 g/mol. The molecule has 0 spiro atoms. The number of phenols is 1. The van der Waals surface area contributed by atoms with Crippen molar-refractivity contribution in [3.63, 3.8) is 0 Å². The predicted molar refractivity (Wildman–Crippen MR) is 290 cm³/mol. The lowest BCUT2D eigenvalue weighted by Crippen LogP contribution is -2.10. The fraction of sp³-hybridized carbons (Fsp3) is 0.169. The molecule has 2 aromatic heterocycles. The van der Waals surface area contributed by atoms with Crippen LogP contribution < -0.4 is 0 Å². The highest BCUT2D eigenvalue weighted by molar-refractivity contribution is 5.99. The Bertz CT molecular complexity index is 3470. The van der Waals surface area contributed by atoms with Gasteiger partial charge in [0.2, 0.25) is 0 Å². The first-order valence-corrected chi connectivity index (χ1v) is 24.2. The Labute approximate surface area is 407 Å². The fourth-order valence-corrected chi connectivity index (χ4v) is 9.70. The highest BCUT2D eigenvalue weighted by Crippen LogP contribution is 2.46. The quantitative estimate of drug-likeness (QED) is 0.149. The van der Waals surface area contributed by atoms with Gasteiger partial charge in [-0.15, -0.1) is 0 Å². The minimum Gasteiger partial charge on any atom is -0.507 e. The molecular formula is C65H59N3O. The molecule has 0 saturated carbocycles. The number of fused-ring (bicyclic) bond motifs is 1. The molecule has 0 unspecified atom stereocenters. The summed E-state index contributed by atoms with van der Waals surface area (Å²) in [5.74, 6) is 1.26. The standard InChI is InChI=1S/C65H59N3O/c1-41(2)49-37-55(42(3)4)63(69)58(38-49)64-67-62-54(51-34-50(45-21-14-10-15-22-45)35-52(36-51)59-39-48(31-32-66-59)44-19-12-9-13-20-44)25-18-26-60(62)68(64)61-40-56(46-23-16-11-17-24-46)43(5)33-57(61)47-27-29-53(30-28-47)65(6,7)8/h9-42,69H,1-8H3. The van der Waals surface area contributed by atoms with Gasteiger partial charge in [-0.2, -0.15) is 0 Å². The van der Waals surface area contributed by atoms with Crippen LogP contribution in [0.25, 0.3) is 95.0 Å². The minimum atomic E-state index is 0.00405. The Kier molecular flexibility index (Phi) is 12.0. The molecule has 2 heterocycles. The topological polar surface area (TPSA) is 50.9 Å². The molecule has 10 rings (SSSR count). The molecule has 69 heavy (non-hydrogen) atoms. The number of aromatic nitrogens is 3. The molecule has 0 radical (unpaired) electrons. The summed E-state index contributed by atoms with van der Waals surface area (Å²) in [5, 5.41) is 12.5. The van der Waals surface area contributed by atoms with Crippen molar-refractivity contribution in [1.82, 2.24) is 14.5 Å². The van der Waals surface area contributed by atoms with Gasteiger partial charge < -0.3 is 5.11 Å². The zero-order valence-electron chi connectivity index (χ0n) is 40.9. The summed E-state index contributed by atoms with van der Waals surface area (Å²) in [6.45, 7) is 17.7. The summed E-state index contributed by atoms with van der Waals surface area (Å²) in [5.41, 5.74) is 20.8. The minimum absolute atomic E-state index is 0.00405. The van der Waals surface area contributed by atoms with Crippen LogP contribution in [0, 0.1) is 6.92 Å². The SMILES string of the molecule is Cc1cc(-c2ccc(C(C)(C)C)cc2)c(-n2c(-c3cc(C(C)C)cc(C(C)C)c3O)nc3c(-c4cc(-c5ccccc5)cc(-c5cc(-c6ccccc6)ccn5)c4)cccc32)cc1-c1ccccc1. The van der Waals surface area contributed by atoms with Gasteiger partial charge in [0.25, 0.3) is 0 Å². The highest BCUT2D eigenvalue weighted by Gasteiger charge is 2.26. The van der Waals surface area contributed by atoms with Crippen molar-refractivity contribution in [3.05, 3.63) is 217 Å². The van der Waals surface area contributed by atoms with Gasteiger partial charge in [-0.05, 0) is 146 Å². The maximum atomic E-state index is 12.5. The number of para-hydroxylation sites is 1. The van der Waals surface area contributed by atoms with E-state index in [9.17, 15) is 5.11 Å². The smallest absolute Gasteiger partial charge is 0.149 e. The monoisotopic (exact) mass is 897 g/mol. The normalized spacial score (nSPS) is 11.8. The summed E-state index contributed by atoms with van der Waals surface area (Å²) < 4.78 is 2.31. The number of pyridine rings is 1. The summed E-state index contributed by atoms with van der Waals surface area (Å²) in [7, 11) is 0. The van der Waals surface area contributed by atoms with Crippen LogP contribution in [-0.2, 0) is 5.41 Å². The van der Waals surface area contributed by atoms with Gasteiger partial charge in [-0.25, -0.2) is 4.98 Å². The van der Waals surface area contributed by atoms with E-state index in [0.29, 0.717) is 11.4 Å². The second-order valence-corrected chi connectivity index (χ2v) is 20.1. The summed E-state index contributed by atoms with van der Waals surface area (Å²) in [6.07, 6.45) is 1.91.